The van der Waals surface area contributed by atoms with E-state index in [0.29, 0.717) is 9.80 Å². The second kappa shape index (κ2) is 8.63. The Morgan fingerprint density at radius 1 is 0.679 bits per heavy atom. The van der Waals surface area contributed by atoms with Gasteiger partial charge in [0.05, 0.1) is 11.1 Å². The van der Waals surface area contributed by atoms with Crippen molar-refractivity contribution >= 4 is 23.6 Å². The first-order valence-corrected chi connectivity index (χ1v) is 8.16. The quantitative estimate of drug-likeness (QED) is 0.838. The van der Waals surface area contributed by atoms with Gasteiger partial charge in [-0.3, -0.25) is 29.0 Å². The van der Waals surface area contributed by atoms with Crippen LogP contribution >= 0.6 is 0 Å². The summed E-state index contributed by atoms with van der Waals surface area (Å²) in [6.45, 7) is 2.23. The number of amides is 4. The molecule has 0 atom stereocenters. The van der Waals surface area contributed by atoms with Gasteiger partial charge < -0.3 is 10.2 Å². The van der Waals surface area contributed by atoms with Crippen LogP contribution in [0.3, 0.4) is 0 Å². The van der Waals surface area contributed by atoms with Crippen LogP contribution in [0.2, 0.25) is 0 Å². The third-order valence-corrected chi connectivity index (χ3v) is 3.75. The fourth-order valence-electron chi connectivity index (χ4n) is 2.33. The Balaban J connectivity index is 2.36. The van der Waals surface area contributed by atoms with E-state index in [9.17, 15) is 29.4 Å². The molecule has 0 heterocycles. The maximum Gasteiger partial charge on any atom is 0.268 e. The number of carbonyl (C=O) groups excluding carboxylic acids is 4. The van der Waals surface area contributed by atoms with Crippen LogP contribution in [-0.2, 0) is 9.59 Å². The molecule has 0 aliphatic rings. The highest BCUT2D eigenvalue weighted by Crippen LogP contribution is 2.20. The van der Waals surface area contributed by atoms with Gasteiger partial charge in [-0.15, -0.1) is 0 Å². The molecule has 0 saturated heterocycles. The molecule has 8 heteroatoms. The molecule has 0 spiro atoms. The molecule has 0 aromatic heterocycles. The Morgan fingerprint density at radius 3 is 1.29 bits per heavy atom. The Morgan fingerprint density at radius 2 is 1.00 bits per heavy atom. The van der Waals surface area contributed by atoms with E-state index in [-0.39, 0.29) is 22.6 Å². The van der Waals surface area contributed by atoms with Crippen molar-refractivity contribution in [3.63, 3.8) is 0 Å². The lowest BCUT2D eigenvalue weighted by Gasteiger charge is -2.19. The number of carbonyl (C=O) groups is 4. The maximum absolute atomic E-state index is 12.5. The fraction of sp³-hybridized carbons (Fsp3) is 0.100. The predicted molar refractivity (Wildman–Crippen MR) is 99.1 cm³/mol. The molecule has 2 aromatic carbocycles. The number of rotatable bonds is 4. The molecule has 0 saturated carbocycles. The van der Waals surface area contributed by atoms with Crippen molar-refractivity contribution in [2.24, 2.45) is 0 Å². The topological polar surface area (TPSA) is 115 Å². The van der Waals surface area contributed by atoms with Crippen LogP contribution in [0, 0.1) is 0 Å². The zero-order chi connectivity index (χ0) is 20.8. The van der Waals surface area contributed by atoms with Gasteiger partial charge >= 0.3 is 0 Å². The summed E-state index contributed by atoms with van der Waals surface area (Å²) in [6, 6.07) is 11.3. The summed E-state index contributed by atoms with van der Waals surface area (Å²) >= 11 is 0. The lowest BCUT2D eigenvalue weighted by Crippen LogP contribution is -2.34. The molecule has 0 aliphatic carbocycles. The summed E-state index contributed by atoms with van der Waals surface area (Å²) in [5.74, 6) is -3.69. The molecule has 2 rings (SSSR count). The van der Waals surface area contributed by atoms with Crippen LogP contribution in [-0.4, -0.2) is 43.6 Å². The van der Waals surface area contributed by atoms with E-state index in [1.54, 1.807) is 0 Å². The zero-order valence-corrected chi connectivity index (χ0v) is 15.2. The number of phenolic OH excluding ortho intramolecular Hbond substituents is 2. The lowest BCUT2D eigenvalue weighted by molar-refractivity contribution is -0.126. The van der Waals surface area contributed by atoms with Crippen molar-refractivity contribution in [2.75, 3.05) is 0 Å². The van der Waals surface area contributed by atoms with E-state index >= 15 is 0 Å². The summed E-state index contributed by atoms with van der Waals surface area (Å²) < 4.78 is 0. The van der Waals surface area contributed by atoms with Crippen LogP contribution < -0.4 is 0 Å². The molecule has 0 bridgehead atoms. The van der Waals surface area contributed by atoms with Gasteiger partial charge in [0.1, 0.15) is 11.5 Å². The first kappa shape index (κ1) is 20.4. The zero-order valence-electron chi connectivity index (χ0n) is 15.2. The van der Waals surface area contributed by atoms with E-state index in [4.69, 9.17) is 0 Å². The van der Waals surface area contributed by atoms with E-state index in [1.165, 1.54) is 48.5 Å². The molecule has 0 fully saturated rings. The molecule has 0 radical (unpaired) electrons. The minimum absolute atomic E-state index is 0.122. The minimum atomic E-state index is -0.833. The van der Waals surface area contributed by atoms with E-state index in [2.05, 4.69) is 0 Å². The number of aromatic hydroxyl groups is 2. The summed E-state index contributed by atoms with van der Waals surface area (Å²) in [5.41, 5.74) is -0.243. The van der Waals surface area contributed by atoms with Crippen LogP contribution in [0.4, 0.5) is 0 Å². The van der Waals surface area contributed by atoms with Crippen molar-refractivity contribution in [1.82, 2.24) is 9.80 Å². The van der Waals surface area contributed by atoms with Gasteiger partial charge in [-0.25, -0.2) is 0 Å². The number of imide groups is 2. The predicted octanol–water partition coefficient (Wildman–Crippen LogP) is 2.25. The highest BCUT2D eigenvalue weighted by molar-refractivity contribution is 6.08. The number of hydrogen-bond donors (Lipinski definition) is 2. The number of phenols is 2. The third-order valence-electron chi connectivity index (χ3n) is 3.75. The van der Waals surface area contributed by atoms with E-state index < -0.39 is 23.6 Å². The maximum atomic E-state index is 12.5. The van der Waals surface area contributed by atoms with Crippen molar-refractivity contribution < 1.29 is 29.4 Å². The standard InChI is InChI=1S/C20H18N2O6/c1-13(23)21(19(27)15-7-3-5-9-17(15)25)11-12-22(14(2)24)20(28)16-8-4-6-10-18(16)26/h3-12,25-26H,1-2H3. The summed E-state index contributed by atoms with van der Waals surface area (Å²) in [7, 11) is 0. The molecule has 2 aromatic rings. The molecule has 28 heavy (non-hydrogen) atoms. The molecule has 144 valence electrons. The minimum Gasteiger partial charge on any atom is -0.507 e. The average Bonchev–Trinajstić information content (AvgIpc) is 2.64. The number of nitrogens with zero attached hydrogens (tertiary/aromatic N) is 2. The van der Waals surface area contributed by atoms with Gasteiger partial charge in [-0.1, -0.05) is 24.3 Å². The average molecular weight is 382 g/mol. The Bertz CT molecular complexity index is 889. The highest BCUT2D eigenvalue weighted by Gasteiger charge is 2.23. The summed E-state index contributed by atoms with van der Waals surface area (Å²) in [4.78, 5) is 50.2. The first-order chi connectivity index (χ1) is 13.2. The summed E-state index contributed by atoms with van der Waals surface area (Å²) in [5, 5.41) is 19.6. The fourth-order valence-corrected chi connectivity index (χ4v) is 2.33. The third kappa shape index (κ3) is 4.42. The SMILES string of the molecule is CC(=O)N(C=CN(C(C)=O)C(=O)c1ccccc1O)C(=O)c1ccccc1O. The second-order valence-electron chi connectivity index (χ2n) is 5.72. The van der Waals surface area contributed by atoms with Crippen molar-refractivity contribution in [3.05, 3.63) is 72.1 Å². The van der Waals surface area contributed by atoms with Crippen molar-refractivity contribution in [3.8, 4) is 11.5 Å². The van der Waals surface area contributed by atoms with Crippen LogP contribution in [0.15, 0.2) is 60.9 Å². The highest BCUT2D eigenvalue weighted by atomic mass is 16.3. The van der Waals surface area contributed by atoms with Crippen molar-refractivity contribution in [1.29, 1.82) is 0 Å². The van der Waals surface area contributed by atoms with Gasteiger partial charge in [0.25, 0.3) is 11.8 Å². The van der Waals surface area contributed by atoms with Crippen LogP contribution in [0.5, 0.6) is 11.5 Å². The Hall–Kier alpha value is -3.94. The summed E-state index contributed by atoms with van der Waals surface area (Å²) in [6.07, 6.45) is 1.91. The second-order valence-corrected chi connectivity index (χ2v) is 5.72. The molecule has 8 nitrogen and oxygen atoms in total. The smallest absolute Gasteiger partial charge is 0.268 e. The molecular formula is C20H18N2O6. The van der Waals surface area contributed by atoms with Gasteiger partial charge in [-0.2, -0.15) is 0 Å². The van der Waals surface area contributed by atoms with E-state index in [1.807, 2.05) is 0 Å². The number of hydrogen-bond acceptors (Lipinski definition) is 6. The first-order valence-electron chi connectivity index (χ1n) is 8.16. The normalized spacial score (nSPS) is 10.5. The van der Waals surface area contributed by atoms with Gasteiger partial charge in [0.15, 0.2) is 0 Å². The molecule has 0 aliphatic heterocycles. The van der Waals surface area contributed by atoms with Gasteiger partial charge in [0, 0.05) is 26.2 Å². The van der Waals surface area contributed by atoms with Crippen LogP contribution in [0.1, 0.15) is 34.6 Å². The molecular weight excluding hydrogens is 364 g/mol. The number of benzene rings is 2. The Kier molecular flexibility index (Phi) is 6.28. The largest absolute Gasteiger partial charge is 0.507 e. The van der Waals surface area contributed by atoms with Crippen LogP contribution in [0.25, 0.3) is 0 Å². The van der Waals surface area contributed by atoms with E-state index in [0.717, 1.165) is 26.2 Å². The molecule has 2 N–H and O–H groups in total. The number of para-hydroxylation sites is 2. The van der Waals surface area contributed by atoms with Crippen molar-refractivity contribution in [2.45, 2.75) is 13.8 Å². The van der Waals surface area contributed by atoms with Gasteiger partial charge in [-0.05, 0) is 24.3 Å². The van der Waals surface area contributed by atoms with Gasteiger partial charge in [0.2, 0.25) is 11.8 Å². The molecule has 0 unspecified atom stereocenters. The monoisotopic (exact) mass is 382 g/mol. The Labute approximate surface area is 160 Å². The molecule has 4 amide bonds. The lowest BCUT2D eigenvalue weighted by atomic mass is 10.1.